The van der Waals surface area contributed by atoms with Crippen molar-refractivity contribution in [2.75, 3.05) is 19.0 Å². The number of Topliss-reactive ketones (excluding diaryl/α,β-unsaturated/α-hetero) is 1. The second-order valence-corrected chi connectivity index (χ2v) is 4.19. The number of carbonyl (C=O) groups is 1. The summed E-state index contributed by atoms with van der Waals surface area (Å²) in [6.07, 6.45) is 2.29. The lowest BCUT2D eigenvalue weighted by molar-refractivity contribution is 0.101. The van der Waals surface area contributed by atoms with Crippen LogP contribution in [0.25, 0.3) is 0 Å². The SMILES string of the molecule is CC(=O)c1cc(N(C)C)nc(C2CC2)n1. The molecule has 1 aliphatic rings. The summed E-state index contributed by atoms with van der Waals surface area (Å²) in [6.45, 7) is 1.54. The minimum absolute atomic E-state index is 0.00222. The maximum absolute atomic E-state index is 11.3. The molecule has 0 atom stereocenters. The maximum atomic E-state index is 11.3. The van der Waals surface area contributed by atoms with Crippen LogP contribution in [0.5, 0.6) is 0 Å². The maximum Gasteiger partial charge on any atom is 0.178 e. The lowest BCUT2D eigenvalue weighted by Gasteiger charge is -2.13. The Morgan fingerprint density at radius 3 is 2.53 bits per heavy atom. The second kappa shape index (κ2) is 3.61. The molecule has 1 saturated carbocycles. The van der Waals surface area contributed by atoms with Crippen molar-refractivity contribution in [3.8, 4) is 0 Å². The molecule has 0 amide bonds. The topological polar surface area (TPSA) is 46.1 Å². The first-order valence-electron chi connectivity index (χ1n) is 5.15. The van der Waals surface area contributed by atoms with E-state index in [2.05, 4.69) is 9.97 Å². The third-order valence-corrected chi connectivity index (χ3v) is 2.49. The fourth-order valence-corrected chi connectivity index (χ4v) is 1.39. The number of anilines is 1. The number of hydrogen-bond donors (Lipinski definition) is 0. The summed E-state index contributed by atoms with van der Waals surface area (Å²) < 4.78 is 0. The van der Waals surface area contributed by atoms with E-state index >= 15 is 0 Å². The molecule has 1 aliphatic carbocycles. The monoisotopic (exact) mass is 205 g/mol. The number of aromatic nitrogens is 2. The van der Waals surface area contributed by atoms with Crippen molar-refractivity contribution in [3.05, 3.63) is 17.6 Å². The van der Waals surface area contributed by atoms with Crippen LogP contribution in [-0.4, -0.2) is 29.8 Å². The molecule has 1 aromatic heterocycles. The summed E-state index contributed by atoms with van der Waals surface area (Å²) in [6, 6.07) is 1.74. The Labute approximate surface area is 89.3 Å². The molecular weight excluding hydrogens is 190 g/mol. The van der Waals surface area contributed by atoms with E-state index in [0.29, 0.717) is 11.6 Å². The summed E-state index contributed by atoms with van der Waals surface area (Å²) >= 11 is 0. The van der Waals surface area contributed by atoms with Gasteiger partial charge in [-0.1, -0.05) is 0 Å². The molecule has 1 aromatic rings. The highest BCUT2D eigenvalue weighted by Crippen LogP contribution is 2.38. The highest BCUT2D eigenvalue weighted by atomic mass is 16.1. The van der Waals surface area contributed by atoms with Crippen LogP contribution < -0.4 is 4.90 Å². The molecule has 80 valence electrons. The number of nitrogens with zero attached hydrogens (tertiary/aromatic N) is 3. The molecule has 0 spiro atoms. The van der Waals surface area contributed by atoms with E-state index in [-0.39, 0.29) is 5.78 Å². The third-order valence-electron chi connectivity index (χ3n) is 2.49. The van der Waals surface area contributed by atoms with Gasteiger partial charge in [0.2, 0.25) is 0 Å². The Kier molecular flexibility index (Phi) is 2.42. The Bertz CT molecular complexity index is 377. The fourth-order valence-electron chi connectivity index (χ4n) is 1.39. The molecule has 0 bridgehead atoms. The number of ketones is 1. The number of hydrogen-bond acceptors (Lipinski definition) is 4. The smallest absolute Gasteiger partial charge is 0.178 e. The largest absolute Gasteiger partial charge is 0.363 e. The van der Waals surface area contributed by atoms with Gasteiger partial charge in [-0.15, -0.1) is 0 Å². The molecule has 0 N–H and O–H groups in total. The predicted octanol–water partition coefficient (Wildman–Crippen LogP) is 1.62. The zero-order valence-electron chi connectivity index (χ0n) is 9.32. The molecule has 0 aromatic carbocycles. The summed E-state index contributed by atoms with van der Waals surface area (Å²) in [7, 11) is 3.84. The predicted molar refractivity (Wildman–Crippen MR) is 58.3 cm³/mol. The molecule has 2 rings (SSSR count). The Morgan fingerprint density at radius 1 is 1.40 bits per heavy atom. The van der Waals surface area contributed by atoms with Crippen molar-refractivity contribution in [2.45, 2.75) is 25.7 Å². The zero-order valence-corrected chi connectivity index (χ0v) is 9.32. The van der Waals surface area contributed by atoms with Crippen LogP contribution in [0.15, 0.2) is 6.07 Å². The van der Waals surface area contributed by atoms with Gasteiger partial charge in [0, 0.05) is 33.0 Å². The average molecular weight is 205 g/mol. The molecule has 0 unspecified atom stereocenters. The van der Waals surface area contributed by atoms with Gasteiger partial charge in [0.1, 0.15) is 17.3 Å². The number of carbonyl (C=O) groups excluding carboxylic acids is 1. The van der Waals surface area contributed by atoms with Crippen molar-refractivity contribution >= 4 is 11.6 Å². The van der Waals surface area contributed by atoms with Gasteiger partial charge >= 0.3 is 0 Å². The van der Waals surface area contributed by atoms with Crippen molar-refractivity contribution in [3.63, 3.8) is 0 Å². The highest BCUT2D eigenvalue weighted by Gasteiger charge is 2.27. The van der Waals surface area contributed by atoms with Crippen LogP contribution >= 0.6 is 0 Å². The van der Waals surface area contributed by atoms with E-state index in [1.54, 1.807) is 13.0 Å². The minimum atomic E-state index is 0.00222. The van der Waals surface area contributed by atoms with Gasteiger partial charge in [-0.2, -0.15) is 0 Å². The molecular formula is C11H15N3O. The molecule has 1 fully saturated rings. The van der Waals surface area contributed by atoms with Crippen LogP contribution in [0.2, 0.25) is 0 Å². The summed E-state index contributed by atoms with van der Waals surface area (Å²) in [5.41, 5.74) is 0.524. The minimum Gasteiger partial charge on any atom is -0.363 e. The zero-order chi connectivity index (χ0) is 11.0. The average Bonchev–Trinajstić information content (AvgIpc) is 3.00. The molecule has 0 saturated heterocycles. The van der Waals surface area contributed by atoms with Gasteiger partial charge < -0.3 is 4.90 Å². The highest BCUT2D eigenvalue weighted by molar-refractivity contribution is 5.92. The van der Waals surface area contributed by atoms with E-state index < -0.39 is 0 Å². The van der Waals surface area contributed by atoms with Crippen molar-refractivity contribution < 1.29 is 4.79 Å². The Morgan fingerprint density at radius 2 is 2.07 bits per heavy atom. The first-order chi connectivity index (χ1) is 7.08. The molecule has 0 aliphatic heterocycles. The first kappa shape index (κ1) is 10.1. The van der Waals surface area contributed by atoms with Gasteiger partial charge in [-0.25, -0.2) is 9.97 Å². The van der Waals surface area contributed by atoms with E-state index in [1.165, 1.54) is 0 Å². The standard InChI is InChI=1S/C11H15N3O/c1-7(15)9-6-10(14(2)3)13-11(12-9)8-4-5-8/h6,8H,4-5H2,1-3H3. The van der Waals surface area contributed by atoms with Crippen LogP contribution in [0.3, 0.4) is 0 Å². The van der Waals surface area contributed by atoms with Gasteiger partial charge in [0.15, 0.2) is 5.78 Å². The lowest BCUT2D eigenvalue weighted by atomic mass is 10.2. The summed E-state index contributed by atoms with van der Waals surface area (Å²) in [4.78, 5) is 21.9. The van der Waals surface area contributed by atoms with Crippen LogP contribution in [-0.2, 0) is 0 Å². The quantitative estimate of drug-likeness (QED) is 0.703. The molecule has 4 nitrogen and oxygen atoms in total. The summed E-state index contributed by atoms with van der Waals surface area (Å²) in [5.74, 6) is 2.12. The van der Waals surface area contributed by atoms with E-state index in [1.807, 2.05) is 19.0 Å². The van der Waals surface area contributed by atoms with Gasteiger partial charge in [-0.3, -0.25) is 4.79 Å². The van der Waals surface area contributed by atoms with E-state index in [4.69, 9.17) is 0 Å². The van der Waals surface area contributed by atoms with Gasteiger partial charge in [-0.05, 0) is 12.8 Å². The van der Waals surface area contributed by atoms with Crippen LogP contribution in [0, 0.1) is 0 Å². The van der Waals surface area contributed by atoms with Gasteiger partial charge in [0.05, 0.1) is 0 Å². The van der Waals surface area contributed by atoms with E-state index in [9.17, 15) is 4.79 Å². The Hall–Kier alpha value is -1.45. The normalized spacial score (nSPS) is 15.1. The lowest BCUT2D eigenvalue weighted by Crippen LogP contribution is -2.14. The molecule has 4 heteroatoms. The van der Waals surface area contributed by atoms with Gasteiger partial charge in [0.25, 0.3) is 0 Å². The first-order valence-corrected chi connectivity index (χ1v) is 5.15. The van der Waals surface area contributed by atoms with Crippen LogP contribution in [0.1, 0.15) is 42.0 Å². The third kappa shape index (κ3) is 2.14. The van der Waals surface area contributed by atoms with Crippen LogP contribution in [0.4, 0.5) is 5.82 Å². The Balaban J connectivity index is 2.43. The summed E-state index contributed by atoms with van der Waals surface area (Å²) in [5, 5.41) is 0. The fraction of sp³-hybridized carbons (Fsp3) is 0.545. The van der Waals surface area contributed by atoms with Crippen molar-refractivity contribution in [2.24, 2.45) is 0 Å². The number of rotatable bonds is 3. The van der Waals surface area contributed by atoms with E-state index in [0.717, 1.165) is 24.5 Å². The molecule has 1 heterocycles. The molecule has 0 radical (unpaired) electrons. The molecule has 15 heavy (non-hydrogen) atoms. The van der Waals surface area contributed by atoms with Crippen molar-refractivity contribution in [1.29, 1.82) is 0 Å². The second-order valence-electron chi connectivity index (χ2n) is 4.19. The van der Waals surface area contributed by atoms with Crippen molar-refractivity contribution in [1.82, 2.24) is 9.97 Å².